The fourth-order valence-corrected chi connectivity index (χ4v) is 3.84. The van der Waals surface area contributed by atoms with Crippen LogP contribution in [-0.2, 0) is 11.3 Å². The molecule has 0 fully saturated rings. The minimum absolute atomic E-state index is 0.188. The summed E-state index contributed by atoms with van der Waals surface area (Å²) in [5, 5.41) is 8.51. The maximum absolute atomic E-state index is 12.8. The summed E-state index contributed by atoms with van der Waals surface area (Å²) in [6.07, 6.45) is 4.01. The number of aromatic amines is 1. The van der Waals surface area contributed by atoms with Gasteiger partial charge in [-0.3, -0.25) is 14.2 Å². The second-order valence-corrected chi connectivity index (χ2v) is 8.15. The molecule has 0 spiro atoms. The van der Waals surface area contributed by atoms with Gasteiger partial charge in [-0.05, 0) is 56.8 Å². The van der Waals surface area contributed by atoms with E-state index in [1.165, 1.54) is 4.57 Å². The first kappa shape index (κ1) is 21.8. The Morgan fingerprint density at radius 2 is 2.09 bits per heavy atom. The van der Waals surface area contributed by atoms with E-state index >= 15 is 0 Å². The fraction of sp³-hybridized carbons (Fsp3) is 0.318. The molecule has 3 heterocycles. The Morgan fingerprint density at radius 1 is 1.28 bits per heavy atom. The molecule has 32 heavy (non-hydrogen) atoms. The van der Waals surface area contributed by atoms with Crippen LogP contribution >= 0.6 is 12.2 Å². The number of carbonyl (C=O) groups excluding carboxylic acids is 1. The molecule has 1 aromatic carbocycles. The topological polar surface area (TPSA) is 107 Å². The Hall–Kier alpha value is -3.37. The number of ether oxygens (including phenoxy) is 1. The molecule has 0 unspecified atom stereocenters. The van der Waals surface area contributed by atoms with Crippen molar-refractivity contribution in [2.45, 2.75) is 32.9 Å². The molecule has 0 saturated heterocycles. The van der Waals surface area contributed by atoms with Crippen molar-refractivity contribution >= 4 is 45.7 Å². The highest BCUT2D eigenvalue weighted by Gasteiger charge is 2.13. The third-order valence-electron chi connectivity index (χ3n) is 5.15. The highest BCUT2D eigenvalue weighted by atomic mass is 32.1. The lowest BCUT2D eigenvalue weighted by Crippen LogP contribution is -2.23. The summed E-state index contributed by atoms with van der Waals surface area (Å²) >= 11 is 5.35. The zero-order chi connectivity index (χ0) is 22.8. The van der Waals surface area contributed by atoms with Crippen LogP contribution in [-0.4, -0.2) is 43.9 Å². The van der Waals surface area contributed by atoms with Gasteiger partial charge in [0.2, 0.25) is 0 Å². The van der Waals surface area contributed by atoms with Crippen LogP contribution in [0, 0.1) is 4.77 Å². The smallest absolute Gasteiger partial charge is 0.262 e. The average Bonchev–Trinajstić information content (AvgIpc) is 3.19. The van der Waals surface area contributed by atoms with E-state index < -0.39 is 0 Å². The second-order valence-electron chi connectivity index (χ2n) is 7.77. The minimum atomic E-state index is -0.312. The van der Waals surface area contributed by atoms with Crippen LogP contribution in [0.5, 0.6) is 0 Å². The molecule has 0 atom stereocenters. The molecule has 10 heteroatoms. The van der Waals surface area contributed by atoms with Gasteiger partial charge in [0.15, 0.2) is 10.4 Å². The molecule has 9 nitrogen and oxygen atoms in total. The molecule has 0 aliphatic heterocycles. The maximum atomic E-state index is 12.8. The Kier molecular flexibility index (Phi) is 6.15. The van der Waals surface area contributed by atoms with Gasteiger partial charge in [0.05, 0.1) is 29.0 Å². The number of pyridine rings is 1. The van der Waals surface area contributed by atoms with Crippen molar-refractivity contribution < 1.29 is 9.53 Å². The number of carbonyl (C=O) groups is 1. The lowest BCUT2D eigenvalue weighted by atomic mass is 10.1. The van der Waals surface area contributed by atoms with Crippen molar-refractivity contribution in [2.75, 3.05) is 19.0 Å². The predicted molar refractivity (Wildman–Crippen MR) is 126 cm³/mol. The number of anilines is 1. The van der Waals surface area contributed by atoms with Gasteiger partial charge in [-0.2, -0.15) is 5.10 Å². The van der Waals surface area contributed by atoms with E-state index in [1.54, 1.807) is 37.7 Å². The molecule has 1 amide bonds. The number of hydrogen-bond donors (Lipinski definition) is 2. The van der Waals surface area contributed by atoms with Crippen LogP contribution in [0.4, 0.5) is 5.69 Å². The number of rotatable bonds is 7. The molecule has 0 aliphatic rings. The largest absolute Gasteiger partial charge is 0.385 e. The molecule has 0 saturated carbocycles. The summed E-state index contributed by atoms with van der Waals surface area (Å²) < 4.78 is 8.69. The molecule has 0 bridgehead atoms. The van der Waals surface area contributed by atoms with E-state index in [2.05, 4.69) is 20.4 Å². The number of hydrogen-bond acceptors (Lipinski definition) is 6. The fourth-order valence-electron chi connectivity index (χ4n) is 3.56. The lowest BCUT2D eigenvalue weighted by molar-refractivity contribution is 0.102. The van der Waals surface area contributed by atoms with Gasteiger partial charge in [0.25, 0.3) is 11.5 Å². The van der Waals surface area contributed by atoms with Crippen LogP contribution in [0.3, 0.4) is 0 Å². The molecule has 166 valence electrons. The van der Waals surface area contributed by atoms with Crippen LogP contribution in [0.1, 0.15) is 36.7 Å². The lowest BCUT2D eigenvalue weighted by Gasteiger charge is -2.10. The van der Waals surface area contributed by atoms with Crippen molar-refractivity contribution in [3.8, 4) is 0 Å². The number of H-pyrrole nitrogens is 1. The summed E-state index contributed by atoms with van der Waals surface area (Å²) in [5.41, 5.74) is 2.05. The van der Waals surface area contributed by atoms with Gasteiger partial charge < -0.3 is 15.0 Å². The standard InChI is InChI=1S/C22H24N6O3S/c1-13(2)28-19-15(11-24-28)9-16(12-23-19)25-20(29)14-5-6-17-18(10-14)26-22(32)27(21(17)30)7-4-8-31-3/h5-6,9-13H,4,7-8H2,1-3H3,(H,25,29)(H,26,32). The van der Waals surface area contributed by atoms with Gasteiger partial charge in [-0.15, -0.1) is 0 Å². The van der Waals surface area contributed by atoms with Gasteiger partial charge in [0.1, 0.15) is 0 Å². The summed E-state index contributed by atoms with van der Waals surface area (Å²) in [4.78, 5) is 33.1. The number of nitrogens with one attached hydrogen (secondary N) is 2. The third-order valence-corrected chi connectivity index (χ3v) is 5.48. The van der Waals surface area contributed by atoms with Gasteiger partial charge in [0, 0.05) is 37.3 Å². The molecule has 4 rings (SSSR count). The van der Waals surface area contributed by atoms with E-state index in [0.717, 1.165) is 11.0 Å². The van der Waals surface area contributed by atoms with E-state index in [-0.39, 0.29) is 17.5 Å². The van der Waals surface area contributed by atoms with Crippen molar-refractivity contribution in [2.24, 2.45) is 0 Å². The van der Waals surface area contributed by atoms with Gasteiger partial charge in [-0.1, -0.05) is 0 Å². The van der Waals surface area contributed by atoms with Crippen LogP contribution in [0.25, 0.3) is 21.9 Å². The highest BCUT2D eigenvalue weighted by molar-refractivity contribution is 7.71. The van der Waals surface area contributed by atoms with Crippen molar-refractivity contribution in [3.05, 3.63) is 57.3 Å². The van der Waals surface area contributed by atoms with Gasteiger partial charge >= 0.3 is 0 Å². The first-order valence-corrected chi connectivity index (χ1v) is 10.7. The molecular weight excluding hydrogens is 428 g/mol. The predicted octanol–water partition coefficient (Wildman–Crippen LogP) is 3.67. The Balaban J connectivity index is 1.60. The zero-order valence-electron chi connectivity index (χ0n) is 18.1. The molecule has 0 radical (unpaired) electrons. The number of aromatic nitrogens is 5. The van der Waals surface area contributed by atoms with Crippen LogP contribution < -0.4 is 10.9 Å². The summed E-state index contributed by atoms with van der Waals surface area (Å²) in [6, 6.07) is 6.91. The Bertz CT molecular complexity index is 1420. The number of fused-ring (bicyclic) bond motifs is 2. The number of methoxy groups -OCH3 is 1. The highest BCUT2D eigenvalue weighted by Crippen LogP contribution is 2.20. The Morgan fingerprint density at radius 3 is 2.84 bits per heavy atom. The summed E-state index contributed by atoms with van der Waals surface area (Å²) in [7, 11) is 1.61. The summed E-state index contributed by atoms with van der Waals surface area (Å²) in [5.74, 6) is -0.312. The van der Waals surface area contributed by atoms with E-state index in [1.807, 2.05) is 24.6 Å². The second kappa shape index (κ2) is 9.01. The molecular formula is C22H24N6O3S. The summed E-state index contributed by atoms with van der Waals surface area (Å²) in [6.45, 7) is 5.06. The minimum Gasteiger partial charge on any atom is -0.385 e. The monoisotopic (exact) mass is 452 g/mol. The molecule has 0 aliphatic carbocycles. The van der Waals surface area contributed by atoms with Crippen molar-refractivity contribution in [3.63, 3.8) is 0 Å². The third kappa shape index (κ3) is 4.19. The number of benzene rings is 1. The normalized spacial score (nSPS) is 11.5. The Labute approximate surface area is 189 Å². The van der Waals surface area contributed by atoms with Gasteiger partial charge in [-0.25, -0.2) is 9.67 Å². The zero-order valence-corrected chi connectivity index (χ0v) is 18.9. The van der Waals surface area contributed by atoms with E-state index in [4.69, 9.17) is 17.0 Å². The molecule has 2 N–H and O–H groups in total. The van der Waals surface area contributed by atoms with E-state index in [0.29, 0.717) is 46.5 Å². The van der Waals surface area contributed by atoms with E-state index in [9.17, 15) is 9.59 Å². The first-order chi connectivity index (χ1) is 15.4. The number of amides is 1. The first-order valence-electron chi connectivity index (χ1n) is 10.3. The van der Waals surface area contributed by atoms with Crippen molar-refractivity contribution in [1.29, 1.82) is 0 Å². The number of nitrogens with zero attached hydrogens (tertiary/aromatic N) is 4. The molecule has 4 aromatic rings. The quantitative estimate of drug-likeness (QED) is 0.327. The molecule has 3 aromatic heterocycles. The van der Waals surface area contributed by atoms with Crippen LogP contribution in [0.15, 0.2) is 41.5 Å². The van der Waals surface area contributed by atoms with Crippen LogP contribution in [0.2, 0.25) is 0 Å². The van der Waals surface area contributed by atoms with Crippen molar-refractivity contribution in [1.82, 2.24) is 24.3 Å². The SMILES string of the molecule is COCCCn1c(=S)[nH]c2cc(C(=O)Nc3cnc4c(cnn4C(C)C)c3)ccc2c1=O. The maximum Gasteiger partial charge on any atom is 0.262 e. The average molecular weight is 453 g/mol.